The first-order valence-corrected chi connectivity index (χ1v) is 11.2. The average molecular weight is 510 g/mol. The molecule has 1 amide bonds. The Hall–Kier alpha value is -2.91. The molecular weight excluding hydrogens is 490 g/mol. The van der Waals surface area contributed by atoms with Crippen LogP contribution in [0, 0.1) is 12.8 Å². The van der Waals surface area contributed by atoms with E-state index in [1.54, 1.807) is 30.0 Å². The number of nitrogens with zero attached hydrogens (tertiary/aromatic N) is 4. The van der Waals surface area contributed by atoms with E-state index in [-0.39, 0.29) is 17.7 Å². The molecule has 1 aliphatic heterocycles. The quantitative estimate of drug-likeness (QED) is 0.493. The molecule has 2 unspecified atom stereocenters. The van der Waals surface area contributed by atoms with Gasteiger partial charge in [-0.15, -0.1) is 0 Å². The molecule has 3 aromatic rings. The Morgan fingerprint density at radius 1 is 1.12 bits per heavy atom. The molecule has 0 radical (unpaired) electrons. The minimum absolute atomic E-state index is 0.0545. The molecule has 0 bridgehead atoms. The molecule has 6 nitrogen and oxygen atoms in total. The highest BCUT2D eigenvalue weighted by Crippen LogP contribution is 2.36. The summed E-state index contributed by atoms with van der Waals surface area (Å²) in [4.78, 5) is 18.7. The van der Waals surface area contributed by atoms with Gasteiger partial charge in [0.2, 0.25) is 0 Å². The first-order chi connectivity index (χ1) is 16.1. The molecule has 1 saturated heterocycles. The van der Waals surface area contributed by atoms with Crippen molar-refractivity contribution in [3.8, 4) is 0 Å². The zero-order valence-corrected chi connectivity index (χ0v) is 19.5. The number of nitrogens with one attached hydrogen (secondary N) is 1. The summed E-state index contributed by atoms with van der Waals surface area (Å²) in [6.07, 6.45) is -2.22. The Morgan fingerprint density at radius 2 is 1.91 bits per heavy atom. The Bertz CT molecular complexity index is 1190. The van der Waals surface area contributed by atoms with Crippen LogP contribution in [0.25, 0.3) is 0 Å². The number of aromatic nitrogens is 3. The summed E-state index contributed by atoms with van der Waals surface area (Å²) < 4.78 is 38.4. The molecule has 11 heteroatoms. The monoisotopic (exact) mass is 509 g/mol. The number of halogens is 5. The third-order valence-corrected chi connectivity index (χ3v) is 6.50. The summed E-state index contributed by atoms with van der Waals surface area (Å²) >= 11 is 12.3. The summed E-state index contributed by atoms with van der Waals surface area (Å²) in [5, 5.41) is 11.7. The fourth-order valence-corrected chi connectivity index (χ4v) is 4.35. The number of likely N-dealkylation sites (tertiary alicyclic amines) is 1. The van der Waals surface area contributed by atoms with Crippen LogP contribution < -0.4 is 5.32 Å². The van der Waals surface area contributed by atoms with Crippen molar-refractivity contribution in [2.75, 3.05) is 25.0 Å². The average Bonchev–Trinajstić information content (AvgIpc) is 3.23. The molecule has 34 heavy (non-hydrogen) atoms. The van der Waals surface area contributed by atoms with Gasteiger partial charge in [-0.05, 0) is 42.8 Å². The van der Waals surface area contributed by atoms with Crippen molar-refractivity contribution in [2.45, 2.75) is 19.0 Å². The second-order valence-corrected chi connectivity index (χ2v) is 8.96. The first-order valence-electron chi connectivity index (χ1n) is 10.4. The molecular formula is C23H20Cl2F3N5O. The molecule has 2 aromatic heterocycles. The van der Waals surface area contributed by atoms with Crippen molar-refractivity contribution in [1.29, 1.82) is 0 Å². The van der Waals surface area contributed by atoms with E-state index in [1.807, 2.05) is 6.07 Å². The lowest BCUT2D eigenvalue weighted by molar-refractivity contribution is -0.137. The second kappa shape index (κ2) is 9.76. The number of amides is 1. The Kier molecular flexibility index (Phi) is 6.95. The lowest BCUT2D eigenvalue weighted by Gasteiger charge is -2.20. The number of alkyl halides is 3. The number of anilines is 1. The van der Waals surface area contributed by atoms with Crippen molar-refractivity contribution in [1.82, 2.24) is 20.1 Å². The molecule has 4 rings (SSSR count). The smallest absolute Gasteiger partial charge is 0.370 e. The van der Waals surface area contributed by atoms with Crippen LogP contribution in [0.2, 0.25) is 10.0 Å². The highest BCUT2D eigenvalue weighted by molar-refractivity contribution is 6.42. The van der Waals surface area contributed by atoms with Crippen LogP contribution in [0.3, 0.4) is 0 Å². The molecule has 0 saturated carbocycles. The number of rotatable bonds is 5. The summed E-state index contributed by atoms with van der Waals surface area (Å²) in [5.41, 5.74) is 1.18. The van der Waals surface area contributed by atoms with Crippen LogP contribution in [0.4, 0.5) is 19.0 Å². The van der Waals surface area contributed by atoms with E-state index in [4.69, 9.17) is 23.2 Å². The van der Waals surface area contributed by atoms with Crippen molar-refractivity contribution in [2.24, 2.45) is 5.92 Å². The maximum Gasteiger partial charge on any atom is 0.417 e. The van der Waals surface area contributed by atoms with E-state index in [2.05, 4.69) is 20.5 Å². The maximum atomic E-state index is 13.1. The van der Waals surface area contributed by atoms with Crippen LogP contribution in [0.15, 0.2) is 48.8 Å². The van der Waals surface area contributed by atoms with E-state index >= 15 is 0 Å². The van der Waals surface area contributed by atoms with Gasteiger partial charge < -0.3 is 10.2 Å². The lowest BCUT2D eigenvalue weighted by atomic mass is 9.89. The topological polar surface area (TPSA) is 71.0 Å². The van der Waals surface area contributed by atoms with Gasteiger partial charge >= 0.3 is 6.18 Å². The standard InChI is InChI=1S/C23H20Cl2F3N5O/c1-13-6-15(9-31-32-13)22(34)33-11-16(18(12-33)14-2-4-19(24)20(25)7-14)8-29-21-5-3-17(10-30-21)23(26,27)28/h2-7,9-10,16,18H,8,11-12H2,1H3,(H,29,30). The summed E-state index contributed by atoms with van der Waals surface area (Å²) in [5.74, 6) is 0.0237. The molecule has 1 aromatic carbocycles. The number of hydrogen-bond acceptors (Lipinski definition) is 5. The normalized spacial score (nSPS) is 18.2. The molecule has 0 spiro atoms. The van der Waals surface area contributed by atoms with E-state index < -0.39 is 11.7 Å². The predicted molar refractivity (Wildman–Crippen MR) is 123 cm³/mol. The number of benzene rings is 1. The maximum absolute atomic E-state index is 13.1. The number of pyridine rings is 1. The third-order valence-electron chi connectivity index (χ3n) is 5.76. The van der Waals surface area contributed by atoms with Gasteiger partial charge in [-0.1, -0.05) is 29.3 Å². The van der Waals surface area contributed by atoms with E-state index in [9.17, 15) is 18.0 Å². The fraction of sp³-hybridized carbons (Fsp3) is 0.304. The number of carbonyl (C=O) groups is 1. The number of aryl methyl sites for hydroxylation is 1. The first kappa shape index (κ1) is 24.2. The fourth-order valence-electron chi connectivity index (χ4n) is 4.04. The minimum Gasteiger partial charge on any atom is -0.370 e. The van der Waals surface area contributed by atoms with Gasteiger partial charge in [-0.25, -0.2) is 4.98 Å². The van der Waals surface area contributed by atoms with Crippen molar-refractivity contribution in [3.63, 3.8) is 0 Å². The molecule has 178 valence electrons. The van der Waals surface area contributed by atoms with Crippen LogP contribution in [-0.2, 0) is 6.18 Å². The molecule has 0 aliphatic carbocycles. The minimum atomic E-state index is -4.45. The molecule has 1 aliphatic rings. The lowest BCUT2D eigenvalue weighted by Crippen LogP contribution is -2.30. The summed E-state index contributed by atoms with van der Waals surface area (Å²) in [7, 11) is 0. The molecule has 1 N–H and O–H groups in total. The van der Waals surface area contributed by atoms with Gasteiger partial charge in [0.25, 0.3) is 5.91 Å². The number of hydrogen-bond donors (Lipinski definition) is 1. The highest BCUT2D eigenvalue weighted by Gasteiger charge is 2.37. The van der Waals surface area contributed by atoms with E-state index in [0.29, 0.717) is 46.8 Å². The van der Waals surface area contributed by atoms with E-state index in [1.165, 1.54) is 12.3 Å². The Balaban J connectivity index is 1.54. The van der Waals surface area contributed by atoms with Crippen LogP contribution >= 0.6 is 23.2 Å². The van der Waals surface area contributed by atoms with E-state index in [0.717, 1.165) is 17.8 Å². The third kappa shape index (κ3) is 5.42. The zero-order chi connectivity index (χ0) is 24.5. The van der Waals surface area contributed by atoms with Gasteiger partial charge in [-0.2, -0.15) is 23.4 Å². The van der Waals surface area contributed by atoms with Gasteiger partial charge in [-0.3, -0.25) is 4.79 Å². The Labute approximate surface area is 204 Å². The molecule has 3 heterocycles. The summed E-state index contributed by atoms with van der Waals surface area (Å²) in [6, 6.07) is 9.32. The molecule has 2 atom stereocenters. The second-order valence-electron chi connectivity index (χ2n) is 8.15. The zero-order valence-electron chi connectivity index (χ0n) is 18.0. The molecule has 1 fully saturated rings. The Morgan fingerprint density at radius 3 is 2.56 bits per heavy atom. The van der Waals surface area contributed by atoms with Gasteiger partial charge in [0.05, 0.1) is 33.1 Å². The van der Waals surface area contributed by atoms with Crippen LogP contribution in [-0.4, -0.2) is 45.6 Å². The SMILES string of the molecule is Cc1cc(C(=O)N2CC(CNc3ccc(C(F)(F)F)cn3)C(c3ccc(Cl)c(Cl)c3)C2)cnn1. The largest absolute Gasteiger partial charge is 0.417 e. The van der Waals surface area contributed by atoms with Gasteiger partial charge in [0.15, 0.2) is 0 Å². The van der Waals surface area contributed by atoms with Gasteiger partial charge in [0, 0.05) is 37.7 Å². The summed E-state index contributed by atoms with van der Waals surface area (Å²) in [6.45, 7) is 3.01. The number of carbonyl (C=O) groups excluding carboxylic acids is 1. The van der Waals surface area contributed by atoms with Crippen molar-refractivity contribution < 1.29 is 18.0 Å². The van der Waals surface area contributed by atoms with Crippen molar-refractivity contribution >= 4 is 34.9 Å². The van der Waals surface area contributed by atoms with Crippen molar-refractivity contribution in [3.05, 3.63) is 81.2 Å². The van der Waals surface area contributed by atoms with Gasteiger partial charge in [0.1, 0.15) is 5.82 Å². The van der Waals surface area contributed by atoms with Crippen LogP contribution in [0.1, 0.15) is 33.1 Å². The van der Waals surface area contributed by atoms with Crippen LogP contribution in [0.5, 0.6) is 0 Å². The predicted octanol–water partition coefficient (Wildman–Crippen LogP) is 5.47. The highest BCUT2D eigenvalue weighted by atomic mass is 35.5.